The van der Waals surface area contributed by atoms with E-state index >= 15 is 0 Å². The second-order valence-corrected chi connectivity index (χ2v) is 9.63. The van der Waals surface area contributed by atoms with Crippen LogP contribution in [0.5, 0.6) is 0 Å². The number of hydrogen-bond donors (Lipinski definition) is 0. The first-order valence-corrected chi connectivity index (χ1v) is 9.50. The fraction of sp³-hybridized carbons (Fsp3) is 0.778. The van der Waals surface area contributed by atoms with E-state index in [-0.39, 0.29) is 16.7 Å². The standard InChI is InChI=1S/C18H30N4OS/c1-11(2)13-19-21-15(23-13)18(7,8)10-9-12(3)14-20-22-16(24-14)17(4,5)6/h11-12H,9-10H2,1-8H3. The predicted octanol–water partition coefficient (Wildman–Crippen LogP) is 5.20. The Hall–Kier alpha value is -1.30. The minimum atomic E-state index is -0.133. The van der Waals surface area contributed by atoms with Crippen LogP contribution in [0.4, 0.5) is 0 Å². The van der Waals surface area contributed by atoms with Crippen LogP contribution in [0.25, 0.3) is 0 Å². The summed E-state index contributed by atoms with van der Waals surface area (Å²) < 4.78 is 5.85. The third-order valence-corrected chi connectivity index (χ3v) is 5.80. The van der Waals surface area contributed by atoms with Crippen molar-refractivity contribution >= 4 is 11.3 Å². The van der Waals surface area contributed by atoms with Gasteiger partial charge in [-0.15, -0.1) is 31.7 Å². The van der Waals surface area contributed by atoms with Crippen molar-refractivity contribution in [1.29, 1.82) is 0 Å². The highest BCUT2D eigenvalue weighted by atomic mass is 32.1. The van der Waals surface area contributed by atoms with E-state index in [4.69, 9.17) is 4.42 Å². The molecule has 2 heterocycles. The molecule has 0 aliphatic rings. The van der Waals surface area contributed by atoms with E-state index in [1.165, 1.54) is 0 Å². The molecule has 0 N–H and O–H groups in total. The second kappa shape index (κ2) is 6.90. The summed E-state index contributed by atoms with van der Waals surface area (Å²) in [6.45, 7) is 17.2. The molecule has 0 spiro atoms. The molecule has 1 atom stereocenters. The summed E-state index contributed by atoms with van der Waals surface area (Å²) in [5.74, 6) is 2.08. The zero-order valence-electron chi connectivity index (χ0n) is 16.2. The fourth-order valence-electron chi connectivity index (χ4n) is 2.29. The third kappa shape index (κ3) is 4.41. The normalized spacial score (nSPS) is 14.4. The van der Waals surface area contributed by atoms with Gasteiger partial charge in [-0.1, -0.05) is 55.4 Å². The number of hydrogen-bond acceptors (Lipinski definition) is 6. The van der Waals surface area contributed by atoms with E-state index in [2.05, 4.69) is 75.8 Å². The van der Waals surface area contributed by atoms with Gasteiger partial charge >= 0.3 is 0 Å². The molecule has 24 heavy (non-hydrogen) atoms. The van der Waals surface area contributed by atoms with Crippen molar-refractivity contribution in [3.05, 3.63) is 21.8 Å². The maximum atomic E-state index is 5.85. The van der Waals surface area contributed by atoms with Gasteiger partial charge in [0.2, 0.25) is 11.8 Å². The molecule has 5 nitrogen and oxygen atoms in total. The summed E-state index contributed by atoms with van der Waals surface area (Å²) in [4.78, 5) is 0. The van der Waals surface area contributed by atoms with Crippen LogP contribution in [0.15, 0.2) is 4.42 Å². The lowest BCUT2D eigenvalue weighted by Gasteiger charge is -2.21. The summed E-state index contributed by atoms with van der Waals surface area (Å²) >= 11 is 1.73. The zero-order chi connectivity index (χ0) is 18.1. The molecule has 1 unspecified atom stereocenters. The molecule has 134 valence electrons. The lowest BCUT2D eigenvalue weighted by molar-refractivity contribution is 0.319. The minimum Gasteiger partial charge on any atom is -0.424 e. The second-order valence-electron chi connectivity index (χ2n) is 8.62. The van der Waals surface area contributed by atoms with Crippen molar-refractivity contribution in [3.8, 4) is 0 Å². The van der Waals surface area contributed by atoms with Gasteiger partial charge in [0.25, 0.3) is 0 Å². The molecule has 2 rings (SSSR count). The van der Waals surface area contributed by atoms with Crippen LogP contribution >= 0.6 is 11.3 Å². The van der Waals surface area contributed by atoms with Crippen LogP contribution in [0.3, 0.4) is 0 Å². The van der Waals surface area contributed by atoms with Crippen molar-refractivity contribution in [2.24, 2.45) is 0 Å². The number of nitrogens with zero attached hydrogens (tertiary/aromatic N) is 4. The maximum Gasteiger partial charge on any atom is 0.222 e. The van der Waals surface area contributed by atoms with E-state index in [1.807, 2.05) is 0 Å². The molecule has 0 aliphatic heterocycles. The largest absolute Gasteiger partial charge is 0.424 e. The highest BCUT2D eigenvalue weighted by Crippen LogP contribution is 2.35. The van der Waals surface area contributed by atoms with Crippen LogP contribution in [0.1, 0.15) is 102 Å². The van der Waals surface area contributed by atoms with Gasteiger partial charge in [0, 0.05) is 22.7 Å². The maximum absolute atomic E-state index is 5.85. The minimum absolute atomic E-state index is 0.0614. The first-order valence-electron chi connectivity index (χ1n) is 8.68. The molecule has 2 aromatic rings. The van der Waals surface area contributed by atoms with Crippen LogP contribution < -0.4 is 0 Å². The zero-order valence-corrected chi connectivity index (χ0v) is 17.0. The van der Waals surface area contributed by atoms with Crippen molar-refractivity contribution in [3.63, 3.8) is 0 Å². The Kier molecular flexibility index (Phi) is 5.47. The first-order chi connectivity index (χ1) is 11.0. The number of rotatable bonds is 6. The first kappa shape index (κ1) is 19.0. The van der Waals surface area contributed by atoms with Crippen molar-refractivity contribution in [2.45, 2.75) is 90.9 Å². The summed E-state index contributed by atoms with van der Waals surface area (Å²) in [6, 6.07) is 0. The van der Waals surface area contributed by atoms with Crippen molar-refractivity contribution < 1.29 is 4.42 Å². The van der Waals surface area contributed by atoms with Gasteiger partial charge in [-0.3, -0.25) is 0 Å². The van der Waals surface area contributed by atoms with Gasteiger partial charge in [0.15, 0.2) is 0 Å². The van der Waals surface area contributed by atoms with Gasteiger partial charge in [-0.25, -0.2) is 0 Å². The fourth-order valence-corrected chi connectivity index (χ4v) is 3.27. The van der Waals surface area contributed by atoms with E-state index < -0.39 is 0 Å². The Bertz CT molecular complexity index is 667. The van der Waals surface area contributed by atoms with E-state index in [1.54, 1.807) is 11.3 Å². The highest BCUT2D eigenvalue weighted by molar-refractivity contribution is 7.11. The lowest BCUT2D eigenvalue weighted by Crippen LogP contribution is -2.18. The van der Waals surface area contributed by atoms with Crippen molar-refractivity contribution in [2.75, 3.05) is 0 Å². The van der Waals surface area contributed by atoms with Crippen LogP contribution in [0.2, 0.25) is 0 Å². The van der Waals surface area contributed by atoms with Crippen LogP contribution in [-0.4, -0.2) is 20.4 Å². The molecular formula is C18H30N4OS. The summed E-state index contributed by atoms with van der Waals surface area (Å²) in [5, 5.41) is 19.4. The molecule has 0 amide bonds. The van der Waals surface area contributed by atoms with E-state index in [9.17, 15) is 0 Å². The number of aromatic nitrogens is 4. The molecule has 2 aromatic heterocycles. The molecule has 0 saturated carbocycles. The molecule has 0 bridgehead atoms. The average Bonchev–Trinajstić information content (AvgIpc) is 3.13. The SMILES string of the molecule is CC(C)c1nnc(C(C)(C)CCC(C)c2nnc(C(C)(C)C)s2)o1. The molecule has 0 aliphatic carbocycles. The molecule has 6 heteroatoms. The van der Waals surface area contributed by atoms with Gasteiger partial charge in [0.05, 0.1) is 0 Å². The van der Waals surface area contributed by atoms with E-state index in [0.717, 1.165) is 28.7 Å². The van der Waals surface area contributed by atoms with Crippen LogP contribution in [-0.2, 0) is 10.8 Å². The van der Waals surface area contributed by atoms with Gasteiger partial charge in [-0.05, 0) is 12.8 Å². The monoisotopic (exact) mass is 350 g/mol. The Balaban J connectivity index is 2.01. The quantitative estimate of drug-likeness (QED) is 0.716. The summed E-state index contributed by atoms with van der Waals surface area (Å²) in [5.41, 5.74) is -0.0716. The lowest BCUT2D eigenvalue weighted by atomic mass is 9.85. The molecular weight excluding hydrogens is 320 g/mol. The van der Waals surface area contributed by atoms with Gasteiger partial charge < -0.3 is 4.42 Å². The van der Waals surface area contributed by atoms with Gasteiger partial charge in [-0.2, -0.15) is 0 Å². The average molecular weight is 351 g/mol. The third-order valence-electron chi connectivity index (χ3n) is 4.22. The molecule has 0 fully saturated rings. The van der Waals surface area contributed by atoms with Gasteiger partial charge in [0.1, 0.15) is 10.0 Å². The Morgan fingerprint density at radius 2 is 1.62 bits per heavy atom. The molecule has 0 aromatic carbocycles. The van der Waals surface area contributed by atoms with Crippen LogP contribution in [0, 0.1) is 0 Å². The highest BCUT2D eigenvalue weighted by Gasteiger charge is 2.29. The van der Waals surface area contributed by atoms with E-state index in [0.29, 0.717) is 11.8 Å². The smallest absolute Gasteiger partial charge is 0.222 e. The summed E-state index contributed by atoms with van der Waals surface area (Å²) in [7, 11) is 0. The predicted molar refractivity (Wildman–Crippen MR) is 97.7 cm³/mol. The topological polar surface area (TPSA) is 64.7 Å². The molecule has 0 saturated heterocycles. The van der Waals surface area contributed by atoms with Crippen molar-refractivity contribution in [1.82, 2.24) is 20.4 Å². The Morgan fingerprint density at radius 3 is 2.12 bits per heavy atom. The molecule has 0 radical (unpaired) electrons. The Labute approximate surface area is 149 Å². The Morgan fingerprint density at radius 1 is 0.958 bits per heavy atom. The summed E-state index contributed by atoms with van der Waals surface area (Å²) in [6.07, 6.45) is 1.99.